The maximum atomic E-state index is 12.4. The average Bonchev–Trinajstić information content (AvgIpc) is 3.09. The Balaban J connectivity index is 1.80. The normalized spacial score (nSPS) is 19.6. The summed E-state index contributed by atoms with van der Waals surface area (Å²) in [7, 11) is 0. The van der Waals surface area contributed by atoms with Crippen LogP contribution in [0.3, 0.4) is 0 Å². The lowest BCUT2D eigenvalue weighted by atomic mass is 10.0. The van der Waals surface area contributed by atoms with Crippen molar-refractivity contribution in [3.8, 4) is 10.6 Å². The predicted molar refractivity (Wildman–Crippen MR) is 74.2 cm³/mol. The number of hydrogen-bond donors (Lipinski definition) is 0. The largest absolute Gasteiger partial charge is 0.355 e. The van der Waals surface area contributed by atoms with E-state index in [1.807, 2.05) is 22.4 Å². The third-order valence-corrected chi connectivity index (χ3v) is 4.44. The summed E-state index contributed by atoms with van der Waals surface area (Å²) in [5.74, 6) is 0.654. The molecule has 0 unspecified atom stereocenters. The van der Waals surface area contributed by atoms with E-state index in [0.29, 0.717) is 17.5 Å². The molecule has 19 heavy (non-hydrogen) atoms. The maximum absolute atomic E-state index is 12.4. The van der Waals surface area contributed by atoms with Crippen LogP contribution in [0.2, 0.25) is 0 Å². The molecular formula is C14H16N2O2S. The van der Waals surface area contributed by atoms with Gasteiger partial charge in [0.2, 0.25) is 0 Å². The van der Waals surface area contributed by atoms with Crippen molar-refractivity contribution >= 4 is 17.2 Å². The highest BCUT2D eigenvalue weighted by Crippen LogP contribution is 2.26. The summed E-state index contributed by atoms with van der Waals surface area (Å²) in [5, 5.41) is 5.90. The summed E-state index contributed by atoms with van der Waals surface area (Å²) in [6.45, 7) is 2.92. The molecule has 2 aromatic rings. The molecule has 1 fully saturated rings. The summed E-state index contributed by atoms with van der Waals surface area (Å²) in [5.41, 5.74) is 0.414. The molecule has 0 bridgehead atoms. The number of hydrogen-bond acceptors (Lipinski definition) is 4. The first-order valence-corrected chi connectivity index (χ1v) is 7.45. The summed E-state index contributed by atoms with van der Waals surface area (Å²) >= 11 is 1.58. The van der Waals surface area contributed by atoms with Crippen LogP contribution in [0.5, 0.6) is 0 Å². The highest BCUT2D eigenvalue weighted by atomic mass is 32.1. The molecular weight excluding hydrogens is 260 g/mol. The van der Waals surface area contributed by atoms with E-state index < -0.39 is 0 Å². The molecule has 0 N–H and O–H groups in total. The molecule has 1 atom stereocenters. The Kier molecular flexibility index (Phi) is 3.38. The lowest BCUT2D eigenvalue weighted by molar-refractivity contribution is 0.0625. The topological polar surface area (TPSA) is 46.3 Å². The van der Waals surface area contributed by atoms with Gasteiger partial charge in [-0.15, -0.1) is 11.3 Å². The van der Waals surface area contributed by atoms with Crippen LogP contribution in [0.1, 0.15) is 36.7 Å². The van der Waals surface area contributed by atoms with Crippen LogP contribution in [0.25, 0.3) is 10.6 Å². The lowest BCUT2D eigenvalue weighted by Crippen LogP contribution is -2.42. The summed E-state index contributed by atoms with van der Waals surface area (Å²) < 4.78 is 5.27. The number of carbonyl (C=O) groups is 1. The molecule has 3 rings (SSSR count). The molecule has 4 nitrogen and oxygen atoms in total. The van der Waals surface area contributed by atoms with Crippen molar-refractivity contribution in [3.05, 3.63) is 29.3 Å². The Bertz CT molecular complexity index is 562. The van der Waals surface area contributed by atoms with E-state index in [1.165, 1.54) is 6.42 Å². The number of thiophene rings is 1. The van der Waals surface area contributed by atoms with E-state index in [9.17, 15) is 4.79 Å². The van der Waals surface area contributed by atoms with Gasteiger partial charge in [-0.2, -0.15) is 0 Å². The Morgan fingerprint density at radius 1 is 1.53 bits per heavy atom. The zero-order valence-electron chi connectivity index (χ0n) is 10.8. The summed E-state index contributed by atoms with van der Waals surface area (Å²) in [4.78, 5) is 15.3. The highest BCUT2D eigenvalue weighted by Gasteiger charge is 2.26. The molecule has 0 radical (unpaired) electrons. The molecule has 0 saturated carbocycles. The van der Waals surface area contributed by atoms with Crippen LogP contribution in [0.4, 0.5) is 0 Å². The number of carbonyl (C=O) groups excluding carboxylic acids is 1. The van der Waals surface area contributed by atoms with Gasteiger partial charge in [-0.25, -0.2) is 0 Å². The molecule has 5 heteroatoms. The van der Waals surface area contributed by atoms with Crippen molar-refractivity contribution in [3.63, 3.8) is 0 Å². The Morgan fingerprint density at radius 3 is 3.16 bits per heavy atom. The minimum Gasteiger partial charge on any atom is -0.355 e. The van der Waals surface area contributed by atoms with E-state index in [-0.39, 0.29) is 5.91 Å². The van der Waals surface area contributed by atoms with Crippen LogP contribution in [-0.4, -0.2) is 28.6 Å². The first-order valence-electron chi connectivity index (χ1n) is 6.57. The van der Waals surface area contributed by atoms with Gasteiger partial charge in [0.25, 0.3) is 5.91 Å². The molecule has 2 aromatic heterocycles. The standard InChI is InChI=1S/C14H16N2O2S/c1-10-5-2-3-7-16(10)14(17)11-9-12(18-15-11)13-6-4-8-19-13/h4,6,8-10H,2-3,5,7H2,1H3/t10-/m0/s1. The van der Waals surface area contributed by atoms with Gasteiger partial charge in [0.1, 0.15) is 0 Å². The van der Waals surface area contributed by atoms with Crippen molar-refractivity contribution in [2.45, 2.75) is 32.2 Å². The van der Waals surface area contributed by atoms with Crippen molar-refractivity contribution in [2.75, 3.05) is 6.54 Å². The molecule has 0 spiro atoms. The van der Waals surface area contributed by atoms with Gasteiger partial charge in [-0.05, 0) is 37.6 Å². The van der Waals surface area contributed by atoms with Gasteiger partial charge >= 0.3 is 0 Å². The monoisotopic (exact) mass is 276 g/mol. The first kappa shape index (κ1) is 12.4. The van der Waals surface area contributed by atoms with Gasteiger partial charge < -0.3 is 9.42 Å². The SMILES string of the molecule is C[C@H]1CCCCN1C(=O)c1cc(-c2cccs2)on1. The predicted octanol–water partition coefficient (Wildman–Crippen LogP) is 3.42. The van der Waals surface area contributed by atoms with E-state index in [2.05, 4.69) is 12.1 Å². The van der Waals surface area contributed by atoms with E-state index in [0.717, 1.165) is 24.3 Å². The Labute approximate surface area is 116 Å². The fraction of sp³-hybridized carbons (Fsp3) is 0.429. The van der Waals surface area contributed by atoms with Gasteiger partial charge in [-0.3, -0.25) is 4.79 Å². The maximum Gasteiger partial charge on any atom is 0.276 e. The van der Waals surface area contributed by atoms with Crippen molar-refractivity contribution < 1.29 is 9.32 Å². The molecule has 0 aliphatic carbocycles. The van der Waals surface area contributed by atoms with Crippen LogP contribution < -0.4 is 0 Å². The second kappa shape index (κ2) is 5.17. The van der Waals surface area contributed by atoms with Crippen LogP contribution in [-0.2, 0) is 0 Å². The van der Waals surface area contributed by atoms with Crippen LogP contribution in [0, 0.1) is 0 Å². The summed E-state index contributed by atoms with van der Waals surface area (Å²) in [6.07, 6.45) is 3.34. The zero-order valence-corrected chi connectivity index (χ0v) is 11.7. The summed E-state index contributed by atoms with van der Waals surface area (Å²) in [6, 6.07) is 5.96. The number of piperidine rings is 1. The molecule has 1 aliphatic rings. The first-order chi connectivity index (χ1) is 9.25. The minimum absolute atomic E-state index is 0.0150. The third kappa shape index (κ3) is 2.42. The smallest absolute Gasteiger partial charge is 0.276 e. The van der Waals surface area contributed by atoms with Gasteiger partial charge in [0.15, 0.2) is 11.5 Å². The van der Waals surface area contributed by atoms with Crippen molar-refractivity contribution in [1.82, 2.24) is 10.1 Å². The molecule has 1 amide bonds. The quantitative estimate of drug-likeness (QED) is 0.844. The molecule has 1 aliphatic heterocycles. The van der Waals surface area contributed by atoms with Crippen LogP contribution >= 0.6 is 11.3 Å². The molecule has 3 heterocycles. The van der Waals surface area contributed by atoms with Gasteiger partial charge in [0.05, 0.1) is 4.88 Å². The minimum atomic E-state index is -0.0150. The van der Waals surface area contributed by atoms with Crippen molar-refractivity contribution in [1.29, 1.82) is 0 Å². The number of amides is 1. The third-order valence-electron chi connectivity index (χ3n) is 3.56. The number of aromatic nitrogens is 1. The van der Waals surface area contributed by atoms with Crippen molar-refractivity contribution in [2.24, 2.45) is 0 Å². The second-order valence-corrected chi connectivity index (χ2v) is 5.84. The molecule has 100 valence electrons. The van der Waals surface area contributed by atoms with E-state index in [4.69, 9.17) is 4.52 Å². The van der Waals surface area contributed by atoms with Crippen LogP contribution in [0.15, 0.2) is 28.1 Å². The highest BCUT2D eigenvalue weighted by molar-refractivity contribution is 7.13. The van der Waals surface area contributed by atoms with E-state index >= 15 is 0 Å². The number of nitrogens with zero attached hydrogens (tertiary/aromatic N) is 2. The number of likely N-dealkylation sites (tertiary alicyclic amines) is 1. The van der Waals surface area contributed by atoms with Gasteiger partial charge in [-0.1, -0.05) is 11.2 Å². The van der Waals surface area contributed by atoms with E-state index in [1.54, 1.807) is 17.4 Å². The lowest BCUT2D eigenvalue weighted by Gasteiger charge is -2.32. The van der Waals surface area contributed by atoms with Gasteiger partial charge in [0, 0.05) is 18.7 Å². The Hall–Kier alpha value is -1.62. The second-order valence-electron chi connectivity index (χ2n) is 4.90. The Morgan fingerprint density at radius 2 is 2.42 bits per heavy atom. The fourth-order valence-corrected chi connectivity index (χ4v) is 3.13. The average molecular weight is 276 g/mol. The number of rotatable bonds is 2. The molecule has 1 saturated heterocycles. The fourth-order valence-electron chi connectivity index (χ4n) is 2.46. The molecule has 0 aromatic carbocycles. The zero-order chi connectivity index (χ0) is 13.2.